The van der Waals surface area contributed by atoms with E-state index in [2.05, 4.69) is 27.4 Å². The van der Waals surface area contributed by atoms with Crippen molar-refractivity contribution in [3.63, 3.8) is 0 Å². The van der Waals surface area contributed by atoms with Crippen molar-refractivity contribution in [3.05, 3.63) is 23.3 Å². The lowest BCUT2D eigenvalue weighted by molar-refractivity contribution is -0.117. The highest BCUT2D eigenvalue weighted by atomic mass is 16.3. The third kappa shape index (κ3) is 1.62. The summed E-state index contributed by atoms with van der Waals surface area (Å²) < 4.78 is 0. The van der Waals surface area contributed by atoms with Gasteiger partial charge in [-0.2, -0.15) is 0 Å². The topological polar surface area (TPSA) is 37.3 Å². The highest BCUT2D eigenvalue weighted by Gasteiger charge is 2.60. The Morgan fingerprint density at radius 1 is 1.23 bits per heavy atom. The minimum Gasteiger partial charge on any atom is -0.385 e. The van der Waals surface area contributed by atoms with Gasteiger partial charge in [-0.25, -0.2) is 0 Å². The van der Waals surface area contributed by atoms with E-state index in [0.29, 0.717) is 29.7 Å². The Morgan fingerprint density at radius 3 is 2.68 bits per heavy atom. The number of ketones is 1. The molecule has 4 unspecified atom stereocenters. The highest BCUT2D eigenvalue weighted by Crippen LogP contribution is 2.65. The van der Waals surface area contributed by atoms with Crippen molar-refractivity contribution >= 4 is 5.78 Å². The Hall–Kier alpha value is -0.890. The van der Waals surface area contributed by atoms with E-state index in [1.807, 2.05) is 0 Å². The normalized spacial score (nSPS) is 46.5. The number of Topliss-reactive ketones (excluding diaryl/α,β-unsaturated/α-hetero) is 1. The molecule has 4 atom stereocenters. The van der Waals surface area contributed by atoms with E-state index < -0.39 is 5.60 Å². The maximum atomic E-state index is 12.7. The van der Waals surface area contributed by atoms with Gasteiger partial charge in [-0.15, -0.1) is 0 Å². The van der Waals surface area contributed by atoms with E-state index in [4.69, 9.17) is 0 Å². The average molecular weight is 300 g/mol. The molecule has 2 nitrogen and oxygen atoms in total. The van der Waals surface area contributed by atoms with E-state index in [9.17, 15) is 9.90 Å². The quantitative estimate of drug-likeness (QED) is 0.538. The minimum atomic E-state index is -0.937. The van der Waals surface area contributed by atoms with Crippen molar-refractivity contribution in [1.82, 2.24) is 0 Å². The maximum absolute atomic E-state index is 12.7. The van der Waals surface area contributed by atoms with Gasteiger partial charge in [-0.05, 0) is 48.9 Å². The zero-order chi connectivity index (χ0) is 15.9. The summed E-state index contributed by atoms with van der Waals surface area (Å²) in [7, 11) is 0. The summed E-state index contributed by atoms with van der Waals surface area (Å²) in [6.07, 6.45) is 7.28. The van der Waals surface area contributed by atoms with E-state index in [0.717, 1.165) is 6.42 Å². The lowest BCUT2D eigenvalue weighted by Crippen LogP contribution is -2.48. The lowest BCUT2D eigenvalue weighted by atomic mass is 9.47. The molecule has 4 aliphatic carbocycles. The second kappa shape index (κ2) is 4.14. The molecule has 2 bridgehead atoms. The van der Waals surface area contributed by atoms with E-state index in [1.54, 1.807) is 0 Å². The van der Waals surface area contributed by atoms with Crippen LogP contribution in [0.2, 0.25) is 0 Å². The zero-order valence-electron chi connectivity index (χ0n) is 14.2. The molecule has 2 saturated carbocycles. The molecule has 2 heteroatoms. The van der Waals surface area contributed by atoms with Crippen molar-refractivity contribution in [2.45, 2.75) is 71.3 Å². The van der Waals surface area contributed by atoms with Crippen LogP contribution in [0.1, 0.15) is 65.7 Å². The smallest absolute Gasteiger partial charge is 0.168 e. The predicted molar refractivity (Wildman–Crippen MR) is 87.3 cm³/mol. The first-order valence-electron chi connectivity index (χ1n) is 8.87. The molecule has 0 aromatic carbocycles. The molecule has 4 rings (SSSR count). The Kier molecular flexibility index (Phi) is 2.76. The second-order valence-corrected chi connectivity index (χ2v) is 9.18. The van der Waals surface area contributed by atoms with Gasteiger partial charge < -0.3 is 5.11 Å². The first-order chi connectivity index (χ1) is 10.2. The molecule has 120 valence electrons. The standard InChI is InChI=1S/C20H28O2/c1-12-17(21)14-11-20(12,22)10-13-6-7-15-18(2,3)8-5-9-19(15,4)16(13)14/h14-15,22H,1,5-11H2,2-4H3. The molecule has 0 aromatic heterocycles. The van der Waals surface area contributed by atoms with Gasteiger partial charge in [0.25, 0.3) is 0 Å². The van der Waals surface area contributed by atoms with Crippen LogP contribution < -0.4 is 0 Å². The molecular weight excluding hydrogens is 272 g/mol. The predicted octanol–water partition coefficient (Wildman–Crippen LogP) is 4.19. The third-order valence-corrected chi connectivity index (χ3v) is 7.53. The van der Waals surface area contributed by atoms with Crippen LogP contribution in [-0.2, 0) is 4.79 Å². The number of fused-ring (bicyclic) bond motifs is 5. The molecule has 0 heterocycles. The van der Waals surface area contributed by atoms with Gasteiger partial charge in [0.1, 0.15) is 0 Å². The van der Waals surface area contributed by atoms with Crippen LogP contribution in [0.5, 0.6) is 0 Å². The van der Waals surface area contributed by atoms with Gasteiger partial charge in [-0.3, -0.25) is 4.79 Å². The van der Waals surface area contributed by atoms with Gasteiger partial charge in [0, 0.05) is 17.9 Å². The monoisotopic (exact) mass is 300 g/mol. The van der Waals surface area contributed by atoms with Crippen LogP contribution in [0.25, 0.3) is 0 Å². The Balaban J connectivity index is 1.85. The van der Waals surface area contributed by atoms with Gasteiger partial charge in [0.05, 0.1) is 5.60 Å². The number of allylic oxidation sites excluding steroid dienone is 1. The fraction of sp³-hybridized carbons (Fsp3) is 0.750. The van der Waals surface area contributed by atoms with E-state index in [1.165, 1.54) is 36.8 Å². The van der Waals surface area contributed by atoms with Crippen molar-refractivity contribution in [3.8, 4) is 0 Å². The molecule has 1 N–H and O–H groups in total. The summed E-state index contributed by atoms with van der Waals surface area (Å²) in [6.45, 7) is 11.2. The first-order valence-corrected chi connectivity index (χ1v) is 8.87. The Bertz CT molecular complexity index is 611. The summed E-state index contributed by atoms with van der Waals surface area (Å²) in [5.41, 5.74) is 2.86. The third-order valence-electron chi connectivity index (χ3n) is 7.53. The molecule has 0 aliphatic heterocycles. The van der Waals surface area contributed by atoms with Crippen LogP contribution in [0, 0.1) is 22.7 Å². The summed E-state index contributed by atoms with van der Waals surface area (Å²) in [5, 5.41) is 10.8. The number of hydrogen-bond donors (Lipinski definition) is 1. The molecule has 0 radical (unpaired) electrons. The van der Waals surface area contributed by atoms with E-state index in [-0.39, 0.29) is 17.1 Å². The maximum Gasteiger partial charge on any atom is 0.168 e. The lowest BCUT2D eigenvalue weighted by Gasteiger charge is -2.57. The molecule has 0 amide bonds. The number of rotatable bonds is 0. The molecular formula is C20H28O2. The summed E-state index contributed by atoms with van der Waals surface area (Å²) in [4.78, 5) is 12.7. The fourth-order valence-corrected chi connectivity index (χ4v) is 6.60. The number of hydrogen-bond acceptors (Lipinski definition) is 2. The molecule has 0 spiro atoms. The second-order valence-electron chi connectivity index (χ2n) is 9.18. The number of aliphatic hydroxyl groups is 1. The average Bonchev–Trinajstić information content (AvgIpc) is 2.58. The zero-order valence-corrected chi connectivity index (χ0v) is 14.2. The van der Waals surface area contributed by atoms with Gasteiger partial charge >= 0.3 is 0 Å². The Labute approximate surface area is 133 Å². The van der Waals surface area contributed by atoms with Crippen LogP contribution in [0.15, 0.2) is 23.3 Å². The molecule has 0 saturated heterocycles. The van der Waals surface area contributed by atoms with Crippen molar-refractivity contribution in [1.29, 1.82) is 0 Å². The number of carbonyl (C=O) groups excluding carboxylic acids is 1. The minimum absolute atomic E-state index is 0.0806. The summed E-state index contributed by atoms with van der Waals surface area (Å²) in [5.74, 6) is 0.709. The van der Waals surface area contributed by atoms with Crippen LogP contribution in [0.3, 0.4) is 0 Å². The van der Waals surface area contributed by atoms with Crippen molar-refractivity contribution in [2.24, 2.45) is 22.7 Å². The SMILES string of the molecule is C=C1C(=O)C2CC1(O)CC1=C2C2(C)CCCC(C)(C)C2CC1. The fourth-order valence-electron chi connectivity index (χ4n) is 6.60. The highest BCUT2D eigenvalue weighted by molar-refractivity contribution is 6.04. The summed E-state index contributed by atoms with van der Waals surface area (Å²) >= 11 is 0. The van der Waals surface area contributed by atoms with Crippen LogP contribution in [0.4, 0.5) is 0 Å². The molecule has 4 aliphatic rings. The van der Waals surface area contributed by atoms with Crippen LogP contribution in [-0.4, -0.2) is 16.5 Å². The molecule has 2 fully saturated rings. The Morgan fingerprint density at radius 2 is 1.95 bits per heavy atom. The van der Waals surface area contributed by atoms with Crippen molar-refractivity contribution < 1.29 is 9.90 Å². The van der Waals surface area contributed by atoms with Crippen LogP contribution >= 0.6 is 0 Å². The first kappa shape index (κ1) is 14.7. The summed E-state index contributed by atoms with van der Waals surface area (Å²) in [6, 6.07) is 0. The number of carbonyl (C=O) groups is 1. The van der Waals surface area contributed by atoms with Gasteiger partial charge in [0.2, 0.25) is 0 Å². The van der Waals surface area contributed by atoms with Gasteiger partial charge in [0.15, 0.2) is 5.78 Å². The van der Waals surface area contributed by atoms with Crippen molar-refractivity contribution in [2.75, 3.05) is 0 Å². The van der Waals surface area contributed by atoms with E-state index >= 15 is 0 Å². The molecule has 0 aromatic rings. The van der Waals surface area contributed by atoms with Gasteiger partial charge in [-0.1, -0.05) is 44.9 Å². The largest absolute Gasteiger partial charge is 0.385 e. The molecule has 22 heavy (non-hydrogen) atoms.